The van der Waals surface area contributed by atoms with Crippen LogP contribution in [0.3, 0.4) is 0 Å². The van der Waals surface area contributed by atoms with Crippen LogP contribution in [-0.2, 0) is 17.9 Å². The number of nitrogens with one attached hydrogen (secondary N) is 1. The number of ether oxygens (including phenoxy) is 1. The first-order valence-electron chi connectivity index (χ1n) is 6.11. The molecule has 1 saturated carbocycles. The minimum Gasteiger partial charge on any atom is -0.467 e. The largest absolute Gasteiger partial charge is 0.467 e. The van der Waals surface area contributed by atoms with Gasteiger partial charge in [0.1, 0.15) is 12.4 Å². The highest BCUT2D eigenvalue weighted by molar-refractivity contribution is 5.12. The van der Waals surface area contributed by atoms with Crippen molar-refractivity contribution in [1.82, 2.24) is 5.32 Å². The Balaban J connectivity index is 1.68. The van der Waals surface area contributed by atoms with E-state index in [1.807, 2.05) is 6.26 Å². The van der Waals surface area contributed by atoms with Crippen LogP contribution in [-0.4, -0.2) is 12.6 Å². The topological polar surface area (TPSA) is 34.4 Å². The lowest BCUT2D eigenvalue weighted by molar-refractivity contribution is 0.0846. The molecule has 16 heavy (non-hydrogen) atoms. The van der Waals surface area contributed by atoms with Gasteiger partial charge in [-0.05, 0) is 24.8 Å². The quantitative estimate of drug-likeness (QED) is 0.771. The second-order valence-electron chi connectivity index (χ2n) is 4.99. The highest BCUT2D eigenvalue weighted by Crippen LogP contribution is 2.19. The Bertz CT molecular complexity index is 315. The molecule has 1 aromatic heterocycles. The van der Waals surface area contributed by atoms with Gasteiger partial charge in [0.25, 0.3) is 0 Å². The third-order valence-corrected chi connectivity index (χ3v) is 2.58. The Labute approximate surface area is 97.2 Å². The molecule has 0 bridgehead atoms. The van der Waals surface area contributed by atoms with E-state index in [2.05, 4.69) is 25.2 Å². The fourth-order valence-electron chi connectivity index (χ4n) is 1.54. The van der Waals surface area contributed by atoms with Gasteiger partial charge in [0, 0.05) is 24.8 Å². The third kappa shape index (κ3) is 3.99. The lowest BCUT2D eigenvalue weighted by Gasteiger charge is -2.03. The molecule has 0 unspecified atom stereocenters. The lowest BCUT2D eigenvalue weighted by atomic mass is 10.2. The van der Waals surface area contributed by atoms with Gasteiger partial charge >= 0.3 is 0 Å². The first-order chi connectivity index (χ1) is 7.74. The fraction of sp³-hybridized carbons (Fsp3) is 0.692. The molecule has 1 aromatic rings. The van der Waals surface area contributed by atoms with Crippen molar-refractivity contribution < 1.29 is 9.15 Å². The molecule has 1 aliphatic carbocycles. The molecule has 0 atom stereocenters. The summed E-state index contributed by atoms with van der Waals surface area (Å²) in [5.41, 5.74) is 1.22. The van der Waals surface area contributed by atoms with Crippen molar-refractivity contribution in [2.24, 2.45) is 5.92 Å². The molecule has 0 saturated heterocycles. The van der Waals surface area contributed by atoms with E-state index >= 15 is 0 Å². The van der Waals surface area contributed by atoms with Crippen molar-refractivity contribution in [2.75, 3.05) is 6.61 Å². The molecule has 3 heteroatoms. The lowest BCUT2D eigenvalue weighted by Crippen LogP contribution is -2.14. The summed E-state index contributed by atoms with van der Waals surface area (Å²) in [6.07, 6.45) is 4.47. The van der Waals surface area contributed by atoms with E-state index in [0.29, 0.717) is 12.5 Å². The van der Waals surface area contributed by atoms with Gasteiger partial charge < -0.3 is 14.5 Å². The van der Waals surface area contributed by atoms with Gasteiger partial charge in [-0.15, -0.1) is 0 Å². The van der Waals surface area contributed by atoms with Crippen molar-refractivity contribution in [3.05, 3.63) is 23.7 Å². The van der Waals surface area contributed by atoms with Crippen LogP contribution in [0.15, 0.2) is 16.7 Å². The van der Waals surface area contributed by atoms with Crippen LogP contribution in [0.5, 0.6) is 0 Å². The molecule has 1 fully saturated rings. The first-order valence-corrected chi connectivity index (χ1v) is 6.11. The zero-order valence-corrected chi connectivity index (χ0v) is 10.2. The van der Waals surface area contributed by atoms with Crippen molar-refractivity contribution in [3.63, 3.8) is 0 Å². The van der Waals surface area contributed by atoms with E-state index in [1.54, 1.807) is 0 Å². The second-order valence-corrected chi connectivity index (χ2v) is 4.99. The first kappa shape index (κ1) is 11.7. The van der Waals surface area contributed by atoms with E-state index in [1.165, 1.54) is 18.4 Å². The van der Waals surface area contributed by atoms with Crippen LogP contribution in [0.2, 0.25) is 0 Å². The number of hydrogen-bond acceptors (Lipinski definition) is 3. The smallest absolute Gasteiger partial charge is 0.129 e. The molecule has 1 aliphatic rings. The van der Waals surface area contributed by atoms with Gasteiger partial charge in [-0.25, -0.2) is 0 Å². The molecule has 0 amide bonds. The zero-order valence-electron chi connectivity index (χ0n) is 10.2. The van der Waals surface area contributed by atoms with Crippen LogP contribution in [0.4, 0.5) is 0 Å². The number of furan rings is 1. The molecule has 1 heterocycles. The summed E-state index contributed by atoms with van der Waals surface area (Å²) in [6, 6.07) is 2.82. The summed E-state index contributed by atoms with van der Waals surface area (Å²) in [6.45, 7) is 6.58. The Morgan fingerprint density at radius 3 is 3.00 bits per heavy atom. The summed E-state index contributed by atoms with van der Waals surface area (Å²) in [5.74, 6) is 1.50. The molecule has 0 aromatic carbocycles. The molecule has 3 nitrogen and oxygen atoms in total. The van der Waals surface area contributed by atoms with E-state index < -0.39 is 0 Å². The maximum Gasteiger partial charge on any atom is 0.129 e. The van der Waals surface area contributed by atoms with Gasteiger partial charge in [0.15, 0.2) is 0 Å². The minimum absolute atomic E-state index is 0.575. The Morgan fingerprint density at radius 2 is 2.31 bits per heavy atom. The third-order valence-electron chi connectivity index (χ3n) is 2.58. The monoisotopic (exact) mass is 223 g/mol. The zero-order chi connectivity index (χ0) is 11.4. The molecular weight excluding hydrogens is 202 g/mol. The maximum absolute atomic E-state index is 5.52. The van der Waals surface area contributed by atoms with E-state index in [-0.39, 0.29) is 0 Å². The maximum atomic E-state index is 5.52. The predicted molar refractivity (Wildman–Crippen MR) is 63.1 cm³/mol. The molecule has 1 N–H and O–H groups in total. The molecule has 0 spiro atoms. The van der Waals surface area contributed by atoms with Crippen LogP contribution >= 0.6 is 0 Å². The van der Waals surface area contributed by atoms with E-state index in [4.69, 9.17) is 9.15 Å². The number of hydrogen-bond donors (Lipinski definition) is 1. The molecule has 2 rings (SSSR count). The van der Waals surface area contributed by atoms with E-state index in [9.17, 15) is 0 Å². The second kappa shape index (κ2) is 5.51. The summed E-state index contributed by atoms with van der Waals surface area (Å²) in [4.78, 5) is 0. The van der Waals surface area contributed by atoms with Gasteiger partial charge in [-0.2, -0.15) is 0 Å². The van der Waals surface area contributed by atoms with Crippen molar-refractivity contribution in [3.8, 4) is 0 Å². The average Bonchev–Trinajstić information content (AvgIpc) is 2.96. The van der Waals surface area contributed by atoms with E-state index in [0.717, 1.165) is 25.0 Å². The van der Waals surface area contributed by atoms with Crippen molar-refractivity contribution in [1.29, 1.82) is 0 Å². The number of rotatable bonds is 7. The minimum atomic E-state index is 0.575. The van der Waals surface area contributed by atoms with Crippen LogP contribution < -0.4 is 5.32 Å². The molecular formula is C13H21NO2. The van der Waals surface area contributed by atoms with Crippen LogP contribution in [0.1, 0.15) is 38.0 Å². The average molecular weight is 223 g/mol. The standard InChI is InChI=1S/C13H21NO2/c1-10(2)7-15-9-13-5-11(8-16-13)6-14-12-3-4-12/h5,8,10,12,14H,3-4,6-7,9H2,1-2H3. The van der Waals surface area contributed by atoms with Crippen LogP contribution in [0.25, 0.3) is 0 Å². The Morgan fingerprint density at radius 1 is 1.50 bits per heavy atom. The van der Waals surface area contributed by atoms with Gasteiger partial charge in [0.05, 0.1) is 6.26 Å². The fourth-order valence-corrected chi connectivity index (χ4v) is 1.54. The van der Waals surface area contributed by atoms with Crippen molar-refractivity contribution in [2.45, 2.75) is 45.9 Å². The molecule has 0 radical (unpaired) electrons. The highest BCUT2D eigenvalue weighted by atomic mass is 16.5. The normalized spacial score (nSPS) is 15.9. The molecule has 90 valence electrons. The summed E-state index contributed by atoms with van der Waals surface area (Å²) in [7, 11) is 0. The summed E-state index contributed by atoms with van der Waals surface area (Å²) < 4.78 is 11.0. The van der Waals surface area contributed by atoms with Crippen LogP contribution in [0, 0.1) is 5.92 Å². The van der Waals surface area contributed by atoms with Gasteiger partial charge in [0.2, 0.25) is 0 Å². The summed E-state index contributed by atoms with van der Waals surface area (Å²) in [5, 5.41) is 3.46. The van der Waals surface area contributed by atoms with Gasteiger partial charge in [-0.3, -0.25) is 0 Å². The Kier molecular flexibility index (Phi) is 4.02. The SMILES string of the molecule is CC(C)COCc1cc(CNC2CC2)co1. The predicted octanol–water partition coefficient (Wildman–Crippen LogP) is 2.70. The Hall–Kier alpha value is -0.800. The summed E-state index contributed by atoms with van der Waals surface area (Å²) >= 11 is 0. The molecule has 0 aliphatic heterocycles. The van der Waals surface area contributed by atoms with Crippen molar-refractivity contribution >= 4 is 0 Å². The highest BCUT2D eigenvalue weighted by Gasteiger charge is 2.20. The van der Waals surface area contributed by atoms with Gasteiger partial charge in [-0.1, -0.05) is 13.8 Å².